The Bertz CT molecular complexity index is 524. The number of aromatic nitrogens is 2. The number of H-pyrrole nitrogens is 1. The number of hydrogen-bond donors (Lipinski definition) is 3. The maximum atomic E-state index is 11.8. The van der Waals surface area contributed by atoms with Crippen molar-refractivity contribution in [3.8, 4) is 0 Å². The number of nitrogens with one attached hydrogen (secondary N) is 2. The van der Waals surface area contributed by atoms with Crippen LogP contribution in [0.25, 0.3) is 0 Å². The van der Waals surface area contributed by atoms with Crippen LogP contribution in [0, 0.1) is 5.92 Å². The number of nitrogens with zero attached hydrogens (tertiary/aromatic N) is 1. The number of aryl methyl sites for hydroxylation is 1. The molecule has 8 heteroatoms. The molecular formula is C11H19N3O4S. The van der Waals surface area contributed by atoms with Gasteiger partial charge in [0.2, 0.25) is 0 Å². The number of carboxylic acids is 1. The van der Waals surface area contributed by atoms with E-state index in [1.54, 1.807) is 6.92 Å². The highest BCUT2D eigenvalue weighted by atomic mass is 32.2. The third kappa shape index (κ3) is 4.64. The Morgan fingerprint density at radius 3 is 2.79 bits per heavy atom. The quantitative estimate of drug-likeness (QED) is 0.611. The number of hydrogen-bond acceptors (Lipinski definition) is 4. The SMILES string of the molecule is CCc1ncc(S(=O)(=O)NCCCC(C)C(=O)O)[nH]1. The summed E-state index contributed by atoms with van der Waals surface area (Å²) >= 11 is 0. The first-order chi connectivity index (χ1) is 8.86. The monoisotopic (exact) mass is 289 g/mol. The number of rotatable bonds is 8. The minimum absolute atomic E-state index is 0.0376. The van der Waals surface area contributed by atoms with Crippen LogP contribution in [0.15, 0.2) is 11.2 Å². The Kier molecular flexibility index (Phi) is 5.49. The average molecular weight is 289 g/mol. The van der Waals surface area contributed by atoms with Gasteiger partial charge in [0, 0.05) is 13.0 Å². The molecule has 0 bridgehead atoms. The highest BCUT2D eigenvalue weighted by Crippen LogP contribution is 2.08. The molecule has 0 amide bonds. The van der Waals surface area contributed by atoms with Crippen LogP contribution in [0.1, 0.15) is 32.5 Å². The van der Waals surface area contributed by atoms with Gasteiger partial charge in [0.15, 0.2) is 5.03 Å². The third-order valence-electron chi connectivity index (χ3n) is 2.76. The van der Waals surface area contributed by atoms with Crippen LogP contribution in [0.4, 0.5) is 0 Å². The standard InChI is InChI=1S/C11H19N3O4S/c1-3-9-12-7-10(14-9)19(17,18)13-6-4-5-8(2)11(15)16/h7-8,13H,3-6H2,1-2H3,(H,12,14)(H,15,16). The summed E-state index contributed by atoms with van der Waals surface area (Å²) in [7, 11) is -3.58. The first-order valence-corrected chi connectivity index (χ1v) is 7.61. The van der Waals surface area contributed by atoms with Gasteiger partial charge in [-0.3, -0.25) is 4.79 Å². The topological polar surface area (TPSA) is 112 Å². The van der Waals surface area contributed by atoms with Crippen molar-refractivity contribution in [2.45, 2.75) is 38.1 Å². The van der Waals surface area contributed by atoms with Gasteiger partial charge in [-0.05, 0) is 12.8 Å². The molecule has 1 atom stereocenters. The van der Waals surface area contributed by atoms with Crippen LogP contribution >= 0.6 is 0 Å². The summed E-state index contributed by atoms with van der Waals surface area (Å²) in [5.74, 6) is -0.729. The molecule has 0 saturated carbocycles. The van der Waals surface area contributed by atoms with Crippen molar-refractivity contribution >= 4 is 16.0 Å². The Balaban J connectivity index is 2.45. The highest BCUT2D eigenvalue weighted by Gasteiger charge is 2.17. The predicted octanol–water partition coefficient (Wildman–Crippen LogP) is 0.751. The molecular weight excluding hydrogens is 270 g/mol. The number of aromatic amines is 1. The predicted molar refractivity (Wildman–Crippen MR) is 69.2 cm³/mol. The number of aliphatic carboxylic acids is 1. The van der Waals surface area contributed by atoms with Crippen LogP contribution in [-0.2, 0) is 21.2 Å². The molecule has 0 saturated heterocycles. The molecule has 1 rings (SSSR count). The van der Waals surface area contributed by atoms with Crippen molar-refractivity contribution in [3.63, 3.8) is 0 Å². The highest BCUT2D eigenvalue weighted by molar-refractivity contribution is 7.89. The van der Waals surface area contributed by atoms with Gasteiger partial charge >= 0.3 is 5.97 Å². The van der Waals surface area contributed by atoms with Gasteiger partial charge in [-0.25, -0.2) is 18.1 Å². The van der Waals surface area contributed by atoms with E-state index in [1.807, 2.05) is 6.92 Å². The molecule has 1 heterocycles. The van der Waals surface area contributed by atoms with E-state index in [4.69, 9.17) is 5.11 Å². The summed E-state index contributed by atoms with van der Waals surface area (Å²) in [6, 6.07) is 0. The fourth-order valence-corrected chi connectivity index (χ4v) is 2.49. The normalized spacial score (nSPS) is 13.4. The zero-order valence-electron chi connectivity index (χ0n) is 11.0. The van der Waals surface area contributed by atoms with E-state index in [1.165, 1.54) is 6.20 Å². The van der Waals surface area contributed by atoms with Crippen molar-refractivity contribution in [2.24, 2.45) is 5.92 Å². The number of sulfonamides is 1. The van der Waals surface area contributed by atoms with Gasteiger partial charge < -0.3 is 10.1 Å². The van der Waals surface area contributed by atoms with Crippen LogP contribution < -0.4 is 4.72 Å². The molecule has 0 spiro atoms. The van der Waals surface area contributed by atoms with Crippen molar-refractivity contribution in [1.82, 2.24) is 14.7 Å². The molecule has 0 aliphatic carbocycles. The summed E-state index contributed by atoms with van der Waals surface area (Å²) < 4.78 is 26.1. The summed E-state index contributed by atoms with van der Waals surface area (Å²) in [4.78, 5) is 17.2. The lowest BCUT2D eigenvalue weighted by atomic mass is 10.1. The van der Waals surface area contributed by atoms with E-state index in [9.17, 15) is 13.2 Å². The van der Waals surface area contributed by atoms with Gasteiger partial charge in [-0.15, -0.1) is 0 Å². The van der Waals surface area contributed by atoms with Gasteiger partial charge in [-0.2, -0.15) is 0 Å². The Labute approximate surface area is 112 Å². The van der Waals surface area contributed by atoms with Crippen LogP contribution in [0.3, 0.4) is 0 Å². The van der Waals surface area contributed by atoms with Gasteiger partial charge in [0.05, 0.1) is 12.1 Å². The van der Waals surface area contributed by atoms with Gasteiger partial charge in [-0.1, -0.05) is 13.8 Å². The van der Waals surface area contributed by atoms with E-state index >= 15 is 0 Å². The van der Waals surface area contributed by atoms with E-state index in [-0.39, 0.29) is 11.6 Å². The molecule has 1 unspecified atom stereocenters. The van der Waals surface area contributed by atoms with Crippen molar-refractivity contribution in [1.29, 1.82) is 0 Å². The molecule has 3 N–H and O–H groups in total. The zero-order chi connectivity index (χ0) is 14.5. The van der Waals surface area contributed by atoms with Crippen LogP contribution in [0.5, 0.6) is 0 Å². The number of carbonyl (C=O) groups is 1. The van der Waals surface area contributed by atoms with E-state index < -0.39 is 21.9 Å². The maximum Gasteiger partial charge on any atom is 0.306 e. The summed E-state index contributed by atoms with van der Waals surface area (Å²) in [6.45, 7) is 3.68. The van der Waals surface area contributed by atoms with E-state index in [0.29, 0.717) is 25.1 Å². The van der Waals surface area contributed by atoms with Crippen molar-refractivity contribution in [3.05, 3.63) is 12.0 Å². The molecule has 0 aromatic carbocycles. The second-order valence-corrected chi connectivity index (χ2v) is 6.06. The molecule has 0 aliphatic heterocycles. The molecule has 0 fully saturated rings. The molecule has 19 heavy (non-hydrogen) atoms. The first kappa shape index (κ1) is 15.6. The fraction of sp³-hybridized carbons (Fsp3) is 0.636. The lowest BCUT2D eigenvalue weighted by Crippen LogP contribution is -2.25. The Morgan fingerprint density at radius 2 is 2.26 bits per heavy atom. The second kappa shape index (κ2) is 6.67. The lowest BCUT2D eigenvalue weighted by molar-refractivity contribution is -0.141. The maximum absolute atomic E-state index is 11.8. The Hall–Kier alpha value is -1.41. The second-order valence-electron chi connectivity index (χ2n) is 4.33. The van der Waals surface area contributed by atoms with Crippen molar-refractivity contribution in [2.75, 3.05) is 6.54 Å². The molecule has 1 aromatic heterocycles. The van der Waals surface area contributed by atoms with E-state index in [0.717, 1.165) is 0 Å². The zero-order valence-corrected chi connectivity index (χ0v) is 11.8. The molecule has 7 nitrogen and oxygen atoms in total. The summed E-state index contributed by atoms with van der Waals surface area (Å²) in [5, 5.41) is 8.73. The summed E-state index contributed by atoms with van der Waals surface area (Å²) in [6.07, 6.45) is 2.81. The van der Waals surface area contributed by atoms with Crippen LogP contribution in [0.2, 0.25) is 0 Å². The number of carboxylic acid groups (broad SMARTS) is 1. The first-order valence-electron chi connectivity index (χ1n) is 6.13. The van der Waals surface area contributed by atoms with Gasteiger partial charge in [0.1, 0.15) is 5.82 Å². The molecule has 0 radical (unpaired) electrons. The smallest absolute Gasteiger partial charge is 0.306 e. The number of imidazole rings is 1. The minimum atomic E-state index is -3.58. The van der Waals surface area contributed by atoms with Gasteiger partial charge in [0.25, 0.3) is 10.0 Å². The fourth-order valence-electron chi connectivity index (χ4n) is 1.48. The summed E-state index contributed by atoms with van der Waals surface area (Å²) in [5.41, 5.74) is 0. The van der Waals surface area contributed by atoms with E-state index in [2.05, 4.69) is 14.7 Å². The Morgan fingerprint density at radius 1 is 1.58 bits per heavy atom. The van der Waals surface area contributed by atoms with Crippen molar-refractivity contribution < 1.29 is 18.3 Å². The lowest BCUT2D eigenvalue weighted by Gasteiger charge is -2.07. The molecule has 1 aromatic rings. The van der Waals surface area contributed by atoms with Crippen LogP contribution in [-0.4, -0.2) is 36.0 Å². The third-order valence-corrected chi connectivity index (χ3v) is 4.13. The molecule has 0 aliphatic rings. The largest absolute Gasteiger partial charge is 0.481 e. The minimum Gasteiger partial charge on any atom is -0.481 e. The molecule has 108 valence electrons. The average Bonchev–Trinajstić information content (AvgIpc) is 2.83.